The van der Waals surface area contributed by atoms with Gasteiger partial charge in [-0.2, -0.15) is 0 Å². The Bertz CT molecular complexity index is 962. The number of nitrogens with one attached hydrogen (secondary N) is 2. The molecular weight excluding hydrogens is 357 g/mol. The van der Waals surface area contributed by atoms with E-state index in [0.29, 0.717) is 12.0 Å². The average Bonchev–Trinajstić information content (AvgIpc) is 3.34. The molecule has 2 saturated heterocycles. The summed E-state index contributed by atoms with van der Waals surface area (Å²) < 4.78 is 13.4. The number of halogens is 1. The van der Waals surface area contributed by atoms with E-state index in [1.807, 2.05) is 24.3 Å². The highest BCUT2D eigenvalue weighted by Gasteiger charge is 2.65. The highest BCUT2D eigenvalue weighted by atomic mass is 19.1. The first-order chi connectivity index (χ1) is 13.6. The largest absolute Gasteiger partial charge is 0.352 e. The second-order valence-electron chi connectivity index (χ2n) is 7.89. The van der Waals surface area contributed by atoms with Crippen LogP contribution in [0.2, 0.25) is 0 Å². The number of carbonyl (C=O) groups excluding carboxylic acids is 2. The fourth-order valence-corrected chi connectivity index (χ4v) is 5.34. The molecule has 2 aromatic carbocycles. The highest BCUT2D eigenvalue weighted by Crippen LogP contribution is 2.55. The summed E-state index contributed by atoms with van der Waals surface area (Å²) in [5.41, 5.74) is 1.46. The smallest absolute Gasteiger partial charge is 0.250 e. The lowest BCUT2D eigenvalue weighted by Crippen LogP contribution is -2.54. The molecule has 6 heteroatoms. The molecule has 5 nitrogen and oxygen atoms in total. The summed E-state index contributed by atoms with van der Waals surface area (Å²) in [6.07, 6.45) is 2.71. The Morgan fingerprint density at radius 1 is 1.25 bits per heavy atom. The summed E-state index contributed by atoms with van der Waals surface area (Å²) in [7, 11) is 0. The van der Waals surface area contributed by atoms with Crippen LogP contribution in [0.1, 0.15) is 30.4 Å². The fraction of sp³-hybridized carbons (Fsp3) is 0.364. The standard InChI is InChI=1S/C22H22FN3O2/c23-15-6-3-5-14(11-15)13-24-20(27)18-12-16-7-4-10-26(16)22(18)17-8-1-2-9-19(17)25-21(22)28/h1-3,5-6,8-9,11,16,18H,4,7,10,12-13H2,(H,24,27)(H,25,28)/t16-,18-,22+/m1/s1. The number of carbonyl (C=O) groups is 2. The van der Waals surface area contributed by atoms with Crippen LogP contribution in [0.5, 0.6) is 0 Å². The van der Waals surface area contributed by atoms with Gasteiger partial charge in [-0.15, -0.1) is 0 Å². The summed E-state index contributed by atoms with van der Waals surface area (Å²) in [6.45, 7) is 1.07. The van der Waals surface area contributed by atoms with E-state index in [0.717, 1.165) is 30.6 Å². The Balaban J connectivity index is 1.48. The average molecular weight is 379 g/mol. The first kappa shape index (κ1) is 17.4. The monoisotopic (exact) mass is 379 g/mol. The van der Waals surface area contributed by atoms with Crippen molar-refractivity contribution < 1.29 is 14.0 Å². The third kappa shape index (κ3) is 2.41. The SMILES string of the molecule is O=C(NCc1cccc(F)c1)[C@H]1C[C@H]2CCCN2[C@]12C(=O)Nc1ccccc12. The van der Waals surface area contributed by atoms with Gasteiger partial charge in [-0.3, -0.25) is 14.5 Å². The van der Waals surface area contributed by atoms with Gasteiger partial charge in [0, 0.05) is 23.8 Å². The molecule has 0 aliphatic carbocycles. The second kappa shape index (κ2) is 6.41. The number of nitrogens with zero attached hydrogens (tertiary/aromatic N) is 1. The maximum Gasteiger partial charge on any atom is 0.250 e. The number of rotatable bonds is 3. The summed E-state index contributed by atoms with van der Waals surface area (Å²) in [6, 6.07) is 14.1. The molecule has 3 aliphatic rings. The molecule has 3 heterocycles. The third-order valence-corrected chi connectivity index (χ3v) is 6.45. The molecule has 0 unspecified atom stereocenters. The van der Waals surface area contributed by atoms with Crippen molar-refractivity contribution in [2.24, 2.45) is 5.92 Å². The van der Waals surface area contributed by atoms with Crippen LogP contribution in [-0.2, 0) is 21.7 Å². The van der Waals surface area contributed by atoms with Gasteiger partial charge in [0.1, 0.15) is 11.4 Å². The molecule has 3 atom stereocenters. The van der Waals surface area contributed by atoms with Gasteiger partial charge in [-0.1, -0.05) is 30.3 Å². The predicted octanol–water partition coefficient (Wildman–Crippen LogP) is 2.77. The molecule has 2 fully saturated rings. The molecule has 0 saturated carbocycles. The van der Waals surface area contributed by atoms with Crippen LogP contribution in [-0.4, -0.2) is 29.3 Å². The zero-order valence-corrected chi connectivity index (χ0v) is 15.5. The van der Waals surface area contributed by atoms with Crippen molar-refractivity contribution in [1.82, 2.24) is 10.2 Å². The van der Waals surface area contributed by atoms with E-state index in [1.54, 1.807) is 12.1 Å². The maximum absolute atomic E-state index is 13.4. The molecule has 5 rings (SSSR count). The normalized spacial score (nSPS) is 28.2. The van der Waals surface area contributed by atoms with Crippen molar-refractivity contribution in [3.8, 4) is 0 Å². The molecule has 1 spiro atoms. The van der Waals surface area contributed by atoms with E-state index in [9.17, 15) is 14.0 Å². The number of para-hydroxylation sites is 1. The van der Waals surface area contributed by atoms with Gasteiger partial charge >= 0.3 is 0 Å². The fourth-order valence-electron chi connectivity index (χ4n) is 5.34. The van der Waals surface area contributed by atoms with Crippen LogP contribution in [0.3, 0.4) is 0 Å². The van der Waals surface area contributed by atoms with E-state index < -0.39 is 11.5 Å². The lowest BCUT2D eigenvalue weighted by molar-refractivity contribution is -0.137. The number of hydrogen-bond donors (Lipinski definition) is 2. The molecule has 0 aromatic heterocycles. The molecule has 28 heavy (non-hydrogen) atoms. The first-order valence-corrected chi connectivity index (χ1v) is 9.80. The number of amides is 2. The van der Waals surface area contributed by atoms with Crippen LogP contribution >= 0.6 is 0 Å². The zero-order chi connectivity index (χ0) is 19.3. The summed E-state index contributed by atoms with van der Waals surface area (Å²) in [4.78, 5) is 28.7. The summed E-state index contributed by atoms with van der Waals surface area (Å²) in [5, 5.41) is 5.95. The highest BCUT2D eigenvalue weighted by molar-refractivity contribution is 6.09. The molecule has 0 bridgehead atoms. The summed E-state index contributed by atoms with van der Waals surface area (Å²) >= 11 is 0. The van der Waals surface area contributed by atoms with Gasteiger partial charge in [0.15, 0.2) is 0 Å². The van der Waals surface area contributed by atoms with E-state index >= 15 is 0 Å². The third-order valence-electron chi connectivity index (χ3n) is 6.45. The minimum Gasteiger partial charge on any atom is -0.352 e. The van der Waals surface area contributed by atoms with Crippen molar-refractivity contribution in [1.29, 1.82) is 0 Å². The minimum absolute atomic E-state index is 0.107. The van der Waals surface area contributed by atoms with Crippen molar-refractivity contribution in [2.45, 2.75) is 37.4 Å². The van der Waals surface area contributed by atoms with Crippen LogP contribution < -0.4 is 10.6 Å². The zero-order valence-electron chi connectivity index (χ0n) is 15.5. The van der Waals surface area contributed by atoms with Crippen molar-refractivity contribution in [2.75, 3.05) is 11.9 Å². The topological polar surface area (TPSA) is 61.4 Å². The van der Waals surface area contributed by atoms with E-state index in [1.165, 1.54) is 12.1 Å². The van der Waals surface area contributed by atoms with Crippen LogP contribution in [0.15, 0.2) is 48.5 Å². The Labute approximate surface area is 162 Å². The quantitative estimate of drug-likeness (QED) is 0.862. The first-order valence-electron chi connectivity index (χ1n) is 9.80. The maximum atomic E-state index is 13.4. The van der Waals surface area contributed by atoms with E-state index in [-0.39, 0.29) is 30.2 Å². The van der Waals surface area contributed by atoms with Crippen LogP contribution in [0.4, 0.5) is 10.1 Å². The lowest BCUT2D eigenvalue weighted by Gasteiger charge is -2.36. The number of anilines is 1. The molecule has 2 aromatic rings. The van der Waals surface area contributed by atoms with Gasteiger partial charge in [-0.05, 0) is 49.6 Å². The molecule has 144 valence electrons. The lowest BCUT2D eigenvalue weighted by atomic mass is 9.78. The van der Waals surface area contributed by atoms with E-state index in [2.05, 4.69) is 15.5 Å². The van der Waals surface area contributed by atoms with Crippen molar-refractivity contribution in [3.63, 3.8) is 0 Å². The molecule has 2 amide bonds. The number of hydrogen-bond acceptors (Lipinski definition) is 3. The number of benzene rings is 2. The molecule has 2 N–H and O–H groups in total. The van der Waals surface area contributed by atoms with Gasteiger partial charge in [-0.25, -0.2) is 4.39 Å². The molecule has 0 radical (unpaired) electrons. The van der Waals surface area contributed by atoms with Gasteiger partial charge in [0.05, 0.1) is 5.92 Å². The van der Waals surface area contributed by atoms with Crippen molar-refractivity contribution in [3.05, 3.63) is 65.5 Å². The Morgan fingerprint density at radius 2 is 2.11 bits per heavy atom. The number of fused-ring (bicyclic) bond motifs is 4. The van der Waals surface area contributed by atoms with E-state index in [4.69, 9.17) is 0 Å². The molecular formula is C22H22FN3O2. The Morgan fingerprint density at radius 3 is 2.96 bits per heavy atom. The summed E-state index contributed by atoms with van der Waals surface area (Å²) in [5.74, 6) is -1.04. The predicted molar refractivity (Wildman–Crippen MR) is 103 cm³/mol. The Hall–Kier alpha value is -2.73. The van der Waals surface area contributed by atoms with Gasteiger partial charge in [0.25, 0.3) is 0 Å². The minimum atomic E-state index is -0.941. The van der Waals surface area contributed by atoms with Gasteiger partial charge < -0.3 is 10.6 Å². The molecule has 3 aliphatic heterocycles. The van der Waals surface area contributed by atoms with Crippen LogP contribution in [0, 0.1) is 11.7 Å². The Kier molecular flexibility index (Phi) is 3.98. The van der Waals surface area contributed by atoms with Gasteiger partial charge in [0.2, 0.25) is 11.8 Å². The second-order valence-corrected chi connectivity index (χ2v) is 7.89. The van der Waals surface area contributed by atoms with Crippen LogP contribution in [0.25, 0.3) is 0 Å². The van der Waals surface area contributed by atoms with Crippen molar-refractivity contribution >= 4 is 17.5 Å².